The lowest BCUT2D eigenvalue weighted by Crippen LogP contribution is -2.00. The van der Waals surface area contributed by atoms with Crippen LogP contribution in [0.4, 0.5) is 0 Å². The molecule has 0 aliphatic rings. The molecule has 17 heavy (non-hydrogen) atoms. The molecule has 1 aromatic carbocycles. The Bertz CT molecular complexity index is 523. The van der Waals surface area contributed by atoms with Crippen LogP contribution in [-0.4, -0.2) is 5.11 Å². The van der Waals surface area contributed by atoms with Crippen LogP contribution >= 0.6 is 31.9 Å². The molecule has 2 aromatic rings. The molecule has 0 saturated carbocycles. The highest BCUT2D eigenvalue weighted by Gasteiger charge is 2.18. The van der Waals surface area contributed by atoms with Gasteiger partial charge in [0.1, 0.15) is 6.10 Å². The molecule has 0 fully saturated rings. The molecular weight excluding hydrogens is 348 g/mol. The average Bonchev–Trinajstić information content (AvgIpc) is 2.70. The maximum absolute atomic E-state index is 10.3. The lowest BCUT2D eigenvalue weighted by molar-refractivity contribution is 0.188. The van der Waals surface area contributed by atoms with Crippen LogP contribution in [0.3, 0.4) is 0 Å². The molecule has 0 aliphatic carbocycles. The van der Waals surface area contributed by atoms with Crippen molar-refractivity contribution in [1.82, 2.24) is 0 Å². The van der Waals surface area contributed by atoms with Gasteiger partial charge in [-0.25, -0.2) is 0 Å². The minimum Gasteiger partial charge on any atom is -0.465 e. The predicted molar refractivity (Wildman–Crippen MR) is 74.1 cm³/mol. The largest absolute Gasteiger partial charge is 0.465 e. The summed E-state index contributed by atoms with van der Waals surface area (Å²) in [5.74, 6) is 0.533. The molecule has 1 atom stereocenters. The smallest absolute Gasteiger partial charge is 0.150 e. The van der Waals surface area contributed by atoms with E-state index in [-0.39, 0.29) is 0 Å². The van der Waals surface area contributed by atoms with Gasteiger partial charge in [-0.1, -0.05) is 28.1 Å². The van der Waals surface area contributed by atoms with Crippen molar-refractivity contribution in [1.29, 1.82) is 0 Å². The second-order valence-electron chi connectivity index (χ2n) is 4.00. The second-order valence-corrected chi connectivity index (χ2v) is 5.65. The Balaban J connectivity index is 2.45. The minimum absolute atomic E-state index is 0.533. The highest BCUT2D eigenvalue weighted by Crippen LogP contribution is 2.32. The van der Waals surface area contributed by atoms with E-state index in [9.17, 15) is 5.11 Å². The van der Waals surface area contributed by atoms with Gasteiger partial charge in [-0.3, -0.25) is 0 Å². The molecule has 0 spiro atoms. The quantitative estimate of drug-likeness (QED) is 0.856. The molecule has 1 heterocycles. The van der Waals surface area contributed by atoms with E-state index >= 15 is 0 Å². The Kier molecular flexibility index (Phi) is 3.76. The van der Waals surface area contributed by atoms with Gasteiger partial charge in [0.25, 0.3) is 0 Å². The summed E-state index contributed by atoms with van der Waals surface area (Å²) in [5, 5.41) is 10.3. The van der Waals surface area contributed by atoms with Crippen molar-refractivity contribution in [2.75, 3.05) is 0 Å². The topological polar surface area (TPSA) is 33.4 Å². The van der Waals surface area contributed by atoms with Gasteiger partial charge in [-0.15, -0.1) is 0 Å². The highest BCUT2D eigenvalue weighted by atomic mass is 79.9. The third kappa shape index (κ3) is 2.49. The fraction of sp³-hybridized carbons (Fsp3) is 0.231. The number of benzene rings is 1. The number of furan rings is 1. The van der Waals surface area contributed by atoms with Gasteiger partial charge in [-0.2, -0.15) is 0 Å². The molecule has 0 saturated heterocycles. The number of halogens is 2. The van der Waals surface area contributed by atoms with Crippen LogP contribution in [0.5, 0.6) is 0 Å². The maximum Gasteiger partial charge on any atom is 0.150 e. The number of aliphatic hydroxyl groups excluding tert-OH is 1. The van der Waals surface area contributed by atoms with E-state index in [1.54, 1.807) is 12.3 Å². The van der Waals surface area contributed by atoms with Crippen LogP contribution in [0.15, 0.2) is 37.8 Å². The fourth-order valence-electron chi connectivity index (χ4n) is 1.79. The summed E-state index contributed by atoms with van der Waals surface area (Å²) >= 11 is 6.86. The molecule has 1 aromatic heterocycles. The molecule has 2 nitrogen and oxygen atoms in total. The van der Waals surface area contributed by atoms with Gasteiger partial charge in [0.15, 0.2) is 5.76 Å². The van der Waals surface area contributed by atoms with Gasteiger partial charge in [-0.05, 0) is 52.5 Å². The predicted octanol–water partition coefficient (Wildman–Crippen LogP) is 4.50. The first-order valence-electron chi connectivity index (χ1n) is 5.18. The highest BCUT2D eigenvalue weighted by molar-refractivity contribution is 9.10. The Morgan fingerprint density at radius 2 is 1.76 bits per heavy atom. The van der Waals surface area contributed by atoms with Crippen LogP contribution in [0.1, 0.15) is 28.6 Å². The van der Waals surface area contributed by atoms with Gasteiger partial charge in [0, 0.05) is 4.47 Å². The Hall–Kier alpha value is -0.580. The molecule has 0 amide bonds. The molecule has 0 bridgehead atoms. The van der Waals surface area contributed by atoms with E-state index in [0.717, 1.165) is 25.6 Å². The summed E-state index contributed by atoms with van der Waals surface area (Å²) in [6.07, 6.45) is 0.811. The third-order valence-corrected chi connectivity index (χ3v) is 4.57. The van der Waals surface area contributed by atoms with E-state index in [1.807, 2.05) is 26.0 Å². The first-order chi connectivity index (χ1) is 8.00. The van der Waals surface area contributed by atoms with Crippen LogP contribution in [0, 0.1) is 13.8 Å². The third-order valence-electron chi connectivity index (χ3n) is 2.67. The van der Waals surface area contributed by atoms with E-state index in [0.29, 0.717) is 5.76 Å². The van der Waals surface area contributed by atoms with Crippen molar-refractivity contribution < 1.29 is 9.52 Å². The van der Waals surface area contributed by atoms with E-state index < -0.39 is 6.10 Å². The van der Waals surface area contributed by atoms with Crippen LogP contribution < -0.4 is 0 Å². The molecular formula is C13H12Br2O2. The molecule has 1 N–H and O–H groups in total. The number of aliphatic hydroxyl groups is 1. The second kappa shape index (κ2) is 4.96. The van der Waals surface area contributed by atoms with E-state index in [4.69, 9.17) is 4.42 Å². The van der Waals surface area contributed by atoms with Crippen molar-refractivity contribution in [3.05, 3.63) is 55.9 Å². The first-order valence-corrected chi connectivity index (χ1v) is 6.77. The standard InChI is InChI=1S/C13H12Br2O2/c1-7-5-9(6-8(2)11(7)15)12(16)13-10(14)3-4-17-13/h3-6,12,16H,1-2H3. The first kappa shape index (κ1) is 12.9. The Morgan fingerprint density at radius 1 is 1.18 bits per heavy atom. The summed E-state index contributed by atoms with van der Waals surface area (Å²) in [6, 6.07) is 5.69. The van der Waals surface area contributed by atoms with Gasteiger partial charge >= 0.3 is 0 Å². The summed E-state index contributed by atoms with van der Waals surface area (Å²) in [6.45, 7) is 4.01. The van der Waals surface area contributed by atoms with Crippen molar-refractivity contribution in [2.45, 2.75) is 20.0 Å². The molecule has 90 valence electrons. The van der Waals surface area contributed by atoms with Crippen molar-refractivity contribution in [2.24, 2.45) is 0 Å². The van der Waals surface area contributed by atoms with Gasteiger partial charge < -0.3 is 9.52 Å². The molecule has 1 unspecified atom stereocenters. The van der Waals surface area contributed by atoms with Crippen LogP contribution in [0.25, 0.3) is 0 Å². The lowest BCUT2D eigenvalue weighted by Gasteiger charge is -2.12. The summed E-state index contributed by atoms with van der Waals surface area (Å²) in [5.41, 5.74) is 3.03. The van der Waals surface area contributed by atoms with E-state index in [2.05, 4.69) is 31.9 Å². The zero-order valence-electron chi connectivity index (χ0n) is 9.50. The van der Waals surface area contributed by atoms with Crippen LogP contribution in [0.2, 0.25) is 0 Å². The van der Waals surface area contributed by atoms with Gasteiger partial charge in [0.05, 0.1) is 10.7 Å². The Morgan fingerprint density at radius 3 is 2.24 bits per heavy atom. The van der Waals surface area contributed by atoms with Gasteiger partial charge in [0.2, 0.25) is 0 Å². The number of rotatable bonds is 2. The zero-order valence-corrected chi connectivity index (χ0v) is 12.7. The maximum atomic E-state index is 10.3. The number of aryl methyl sites for hydroxylation is 2. The molecule has 4 heteroatoms. The van der Waals surface area contributed by atoms with Crippen LogP contribution in [-0.2, 0) is 0 Å². The molecule has 2 rings (SSSR count). The van der Waals surface area contributed by atoms with E-state index in [1.165, 1.54) is 0 Å². The zero-order chi connectivity index (χ0) is 12.6. The summed E-state index contributed by atoms with van der Waals surface area (Å²) < 4.78 is 7.14. The minimum atomic E-state index is -0.745. The van der Waals surface area contributed by atoms with Crippen molar-refractivity contribution in [3.63, 3.8) is 0 Å². The normalized spacial score (nSPS) is 12.8. The summed E-state index contributed by atoms with van der Waals surface area (Å²) in [4.78, 5) is 0. The number of hydrogen-bond acceptors (Lipinski definition) is 2. The summed E-state index contributed by atoms with van der Waals surface area (Å²) in [7, 11) is 0. The lowest BCUT2D eigenvalue weighted by atomic mass is 10.0. The monoisotopic (exact) mass is 358 g/mol. The fourth-order valence-corrected chi connectivity index (χ4v) is 2.44. The number of hydrogen-bond donors (Lipinski definition) is 1. The van der Waals surface area contributed by atoms with Crippen molar-refractivity contribution in [3.8, 4) is 0 Å². The Labute approximate surface area is 117 Å². The molecule has 0 aliphatic heterocycles. The average molecular weight is 360 g/mol. The SMILES string of the molecule is Cc1cc(C(O)c2occc2Br)cc(C)c1Br. The molecule has 0 radical (unpaired) electrons. The van der Waals surface area contributed by atoms with Crippen molar-refractivity contribution >= 4 is 31.9 Å².